The zero-order valence-electron chi connectivity index (χ0n) is 17.1. The van der Waals surface area contributed by atoms with Crippen molar-refractivity contribution in [3.63, 3.8) is 0 Å². The van der Waals surface area contributed by atoms with E-state index >= 15 is 0 Å². The van der Waals surface area contributed by atoms with E-state index in [0.717, 1.165) is 34.5 Å². The summed E-state index contributed by atoms with van der Waals surface area (Å²) in [5.74, 6) is -0.209. The average Bonchev–Trinajstić information content (AvgIpc) is 3.49. The van der Waals surface area contributed by atoms with Gasteiger partial charge in [0.2, 0.25) is 5.91 Å². The maximum atomic E-state index is 12.9. The standard InChI is InChI=1S/C24H24FN5O/c25-20-15-29(16-20)13-17-1-4-21(5-2-17)28-24(31)8-3-18-11-26-10-9-23(18)19-12-27-30(14-19)22-6-7-22/h1-5,8-12,14,20,22H,6-7,13,15-16H2,(H,28,31). The van der Waals surface area contributed by atoms with Crippen LogP contribution in [-0.4, -0.2) is 44.8 Å². The lowest BCUT2D eigenvalue weighted by Gasteiger charge is -2.34. The van der Waals surface area contributed by atoms with Gasteiger partial charge in [-0.1, -0.05) is 12.1 Å². The van der Waals surface area contributed by atoms with Gasteiger partial charge >= 0.3 is 0 Å². The fourth-order valence-corrected chi connectivity index (χ4v) is 3.76. The minimum Gasteiger partial charge on any atom is -0.323 e. The lowest BCUT2D eigenvalue weighted by atomic mass is 10.0. The average molecular weight is 417 g/mol. The minimum absolute atomic E-state index is 0.209. The van der Waals surface area contributed by atoms with Crippen LogP contribution in [0.2, 0.25) is 0 Å². The van der Waals surface area contributed by atoms with E-state index in [2.05, 4.69) is 26.5 Å². The number of amides is 1. The summed E-state index contributed by atoms with van der Waals surface area (Å²) < 4.78 is 14.9. The summed E-state index contributed by atoms with van der Waals surface area (Å²) >= 11 is 0. The van der Waals surface area contributed by atoms with E-state index in [0.29, 0.717) is 19.1 Å². The summed E-state index contributed by atoms with van der Waals surface area (Å²) in [4.78, 5) is 18.7. The molecular weight excluding hydrogens is 393 g/mol. The lowest BCUT2D eigenvalue weighted by molar-refractivity contribution is -0.111. The first-order valence-corrected chi connectivity index (χ1v) is 10.6. The van der Waals surface area contributed by atoms with E-state index < -0.39 is 6.17 Å². The first-order chi connectivity index (χ1) is 15.1. The van der Waals surface area contributed by atoms with Gasteiger partial charge < -0.3 is 5.32 Å². The molecular formula is C24H24FN5O. The number of likely N-dealkylation sites (tertiary alicyclic amines) is 1. The second-order valence-electron chi connectivity index (χ2n) is 8.21. The van der Waals surface area contributed by atoms with Gasteiger partial charge in [-0.2, -0.15) is 5.10 Å². The lowest BCUT2D eigenvalue weighted by Crippen LogP contribution is -2.47. The highest BCUT2D eigenvalue weighted by Crippen LogP contribution is 2.35. The highest BCUT2D eigenvalue weighted by Gasteiger charge is 2.26. The van der Waals surface area contributed by atoms with Crippen LogP contribution < -0.4 is 5.32 Å². The van der Waals surface area contributed by atoms with Crippen molar-refractivity contribution in [3.05, 3.63) is 72.3 Å². The Hall–Kier alpha value is -3.32. The fourth-order valence-electron chi connectivity index (χ4n) is 3.76. The summed E-state index contributed by atoms with van der Waals surface area (Å²) in [7, 11) is 0. The van der Waals surface area contributed by atoms with Crippen molar-refractivity contribution in [1.82, 2.24) is 19.7 Å². The van der Waals surface area contributed by atoms with Crippen molar-refractivity contribution in [2.24, 2.45) is 0 Å². The largest absolute Gasteiger partial charge is 0.323 e. The SMILES string of the molecule is O=C(C=Cc1cnccc1-c1cnn(C2CC2)c1)Nc1ccc(CN2CC(F)C2)cc1. The number of alkyl halides is 1. The molecule has 1 aliphatic heterocycles. The molecule has 2 aromatic heterocycles. The number of carbonyl (C=O) groups excluding carboxylic acids is 1. The van der Waals surface area contributed by atoms with Crippen molar-refractivity contribution in [2.45, 2.75) is 31.6 Å². The summed E-state index contributed by atoms with van der Waals surface area (Å²) in [6.45, 7) is 1.73. The van der Waals surface area contributed by atoms with Crippen LogP contribution in [0.3, 0.4) is 0 Å². The van der Waals surface area contributed by atoms with Gasteiger partial charge in [0.25, 0.3) is 0 Å². The Morgan fingerprint density at radius 1 is 1.16 bits per heavy atom. The van der Waals surface area contributed by atoms with Crippen LogP contribution in [0.1, 0.15) is 30.0 Å². The number of carbonyl (C=O) groups is 1. The van der Waals surface area contributed by atoms with Crippen molar-refractivity contribution < 1.29 is 9.18 Å². The molecule has 0 bridgehead atoms. The number of nitrogens with one attached hydrogen (secondary N) is 1. The van der Waals surface area contributed by atoms with Crippen LogP contribution in [0, 0.1) is 0 Å². The van der Waals surface area contributed by atoms with Gasteiger partial charge in [-0.15, -0.1) is 0 Å². The van der Waals surface area contributed by atoms with Crippen LogP contribution in [0.5, 0.6) is 0 Å². The molecule has 0 atom stereocenters. The molecule has 1 aliphatic carbocycles. The molecule has 5 rings (SSSR count). The molecule has 2 fully saturated rings. The van der Waals surface area contributed by atoms with E-state index in [4.69, 9.17) is 0 Å². The molecule has 1 aromatic carbocycles. The number of aromatic nitrogens is 3. The predicted molar refractivity (Wildman–Crippen MR) is 118 cm³/mol. The molecule has 3 aromatic rings. The van der Waals surface area contributed by atoms with Gasteiger partial charge in [-0.3, -0.25) is 19.4 Å². The molecule has 2 aliphatic rings. The molecule has 158 valence electrons. The second-order valence-corrected chi connectivity index (χ2v) is 8.21. The number of pyridine rings is 1. The highest BCUT2D eigenvalue weighted by atomic mass is 19.1. The molecule has 31 heavy (non-hydrogen) atoms. The molecule has 0 spiro atoms. The van der Waals surface area contributed by atoms with E-state index in [-0.39, 0.29) is 5.91 Å². The quantitative estimate of drug-likeness (QED) is 0.589. The topological polar surface area (TPSA) is 63.1 Å². The number of benzene rings is 1. The Labute approximate surface area is 180 Å². The van der Waals surface area contributed by atoms with Crippen molar-refractivity contribution in [2.75, 3.05) is 18.4 Å². The van der Waals surface area contributed by atoms with Crippen LogP contribution in [0.4, 0.5) is 10.1 Å². The normalized spacial score (nSPS) is 17.1. The maximum absolute atomic E-state index is 12.9. The monoisotopic (exact) mass is 417 g/mol. The van der Waals surface area contributed by atoms with E-state index in [1.807, 2.05) is 41.2 Å². The molecule has 6 nitrogen and oxygen atoms in total. The number of hydrogen-bond donors (Lipinski definition) is 1. The Kier molecular flexibility index (Phi) is 5.34. The van der Waals surface area contributed by atoms with Gasteiger partial charge in [-0.25, -0.2) is 4.39 Å². The number of rotatable bonds is 7. The van der Waals surface area contributed by atoms with Gasteiger partial charge in [0, 0.05) is 61.1 Å². The molecule has 7 heteroatoms. The van der Waals surface area contributed by atoms with Gasteiger partial charge in [0.05, 0.1) is 12.2 Å². The third-order valence-corrected chi connectivity index (χ3v) is 5.64. The summed E-state index contributed by atoms with van der Waals surface area (Å²) in [6, 6.07) is 10.1. The minimum atomic E-state index is -0.694. The smallest absolute Gasteiger partial charge is 0.248 e. The van der Waals surface area contributed by atoms with Crippen molar-refractivity contribution in [3.8, 4) is 11.1 Å². The highest BCUT2D eigenvalue weighted by molar-refractivity contribution is 6.02. The zero-order chi connectivity index (χ0) is 21.2. The Balaban J connectivity index is 1.22. The zero-order valence-corrected chi connectivity index (χ0v) is 17.1. The third kappa shape index (κ3) is 4.72. The summed E-state index contributed by atoms with van der Waals surface area (Å²) in [6.07, 6.45) is 12.4. The van der Waals surface area contributed by atoms with E-state index in [1.54, 1.807) is 18.5 Å². The van der Waals surface area contributed by atoms with Gasteiger partial charge in [0.1, 0.15) is 6.17 Å². The first kappa shape index (κ1) is 19.6. The van der Waals surface area contributed by atoms with Crippen LogP contribution in [-0.2, 0) is 11.3 Å². The van der Waals surface area contributed by atoms with E-state index in [9.17, 15) is 9.18 Å². The number of halogens is 1. The molecule has 1 N–H and O–H groups in total. The van der Waals surface area contributed by atoms with Gasteiger partial charge in [-0.05, 0) is 48.2 Å². The van der Waals surface area contributed by atoms with Crippen LogP contribution in [0.25, 0.3) is 17.2 Å². The molecule has 3 heterocycles. The third-order valence-electron chi connectivity index (χ3n) is 5.64. The maximum Gasteiger partial charge on any atom is 0.248 e. The predicted octanol–water partition coefficient (Wildman–Crippen LogP) is 4.09. The van der Waals surface area contributed by atoms with Crippen LogP contribution in [0.15, 0.2) is 61.2 Å². The molecule has 0 unspecified atom stereocenters. The Morgan fingerprint density at radius 2 is 1.97 bits per heavy atom. The molecule has 1 amide bonds. The second kappa shape index (κ2) is 8.43. The first-order valence-electron chi connectivity index (χ1n) is 10.6. The number of nitrogens with zero attached hydrogens (tertiary/aromatic N) is 4. The van der Waals surface area contributed by atoms with Gasteiger partial charge in [0.15, 0.2) is 0 Å². The Bertz CT molecular complexity index is 1100. The molecule has 1 saturated carbocycles. The Morgan fingerprint density at radius 3 is 2.71 bits per heavy atom. The van der Waals surface area contributed by atoms with Crippen LogP contribution >= 0.6 is 0 Å². The number of hydrogen-bond acceptors (Lipinski definition) is 4. The molecule has 1 saturated heterocycles. The molecule has 0 radical (unpaired) electrons. The fraction of sp³-hybridized carbons (Fsp3) is 0.292. The number of anilines is 1. The van der Waals surface area contributed by atoms with Crippen molar-refractivity contribution >= 4 is 17.7 Å². The van der Waals surface area contributed by atoms with E-state index in [1.165, 1.54) is 18.9 Å². The summed E-state index contributed by atoms with van der Waals surface area (Å²) in [5.41, 5.74) is 4.71. The van der Waals surface area contributed by atoms with Crippen molar-refractivity contribution in [1.29, 1.82) is 0 Å². The summed E-state index contributed by atoms with van der Waals surface area (Å²) in [5, 5.41) is 7.33.